The van der Waals surface area contributed by atoms with Crippen molar-refractivity contribution >= 4 is 17.6 Å². The molecular formula is C13H13ClN4O4. The lowest BCUT2D eigenvalue weighted by Gasteiger charge is -2.06. The van der Waals surface area contributed by atoms with Crippen molar-refractivity contribution in [3.63, 3.8) is 0 Å². The van der Waals surface area contributed by atoms with E-state index < -0.39 is 5.97 Å². The number of esters is 1. The van der Waals surface area contributed by atoms with E-state index in [9.17, 15) is 4.79 Å². The Hall–Kier alpha value is -2.48. The first-order valence-corrected chi connectivity index (χ1v) is 6.76. The van der Waals surface area contributed by atoms with Crippen molar-refractivity contribution in [1.29, 1.82) is 0 Å². The van der Waals surface area contributed by atoms with Gasteiger partial charge in [0.25, 0.3) is 0 Å². The lowest BCUT2D eigenvalue weighted by molar-refractivity contribution is -0.145. The Labute approximate surface area is 131 Å². The summed E-state index contributed by atoms with van der Waals surface area (Å²) in [5.41, 5.74) is 0.664. The second kappa shape index (κ2) is 7.51. The summed E-state index contributed by atoms with van der Waals surface area (Å²) < 4.78 is 15.2. The van der Waals surface area contributed by atoms with Gasteiger partial charge in [0.05, 0.1) is 6.61 Å². The molecule has 2 heterocycles. The lowest BCUT2D eigenvalue weighted by Crippen LogP contribution is -2.15. The van der Waals surface area contributed by atoms with Crippen molar-refractivity contribution in [3.8, 4) is 17.6 Å². The number of hydrogen-bond donors (Lipinski definition) is 0. The third-order valence-electron chi connectivity index (χ3n) is 2.27. The molecule has 0 unspecified atom stereocenters. The molecule has 0 saturated carbocycles. The number of aromatic nitrogens is 4. The molecule has 2 aromatic rings. The number of hydrogen-bond acceptors (Lipinski definition) is 8. The van der Waals surface area contributed by atoms with Crippen LogP contribution in [-0.4, -0.2) is 39.3 Å². The maximum atomic E-state index is 11.1. The van der Waals surface area contributed by atoms with Gasteiger partial charge in [0, 0.05) is 23.9 Å². The van der Waals surface area contributed by atoms with Gasteiger partial charge >= 0.3 is 5.97 Å². The van der Waals surface area contributed by atoms with Crippen LogP contribution in [0.25, 0.3) is 0 Å². The van der Waals surface area contributed by atoms with E-state index in [0.717, 1.165) is 0 Å². The van der Waals surface area contributed by atoms with E-state index in [1.165, 1.54) is 12.1 Å². The van der Waals surface area contributed by atoms with Crippen LogP contribution in [0.4, 0.5) is 0 Å². The topological polar surface area (TPSA) is 96.3 Å². The van der Waals surface area contributed by atoms with Crippen molar-refractivity contribution in [2.45, 2.75) is 13.8 Å². The maximum absolute atomic E-state index is 11.1. The molecule has 0 bridgehead atoms. The highest BCUT2D eigenvalue weighted by atomic mass is 35.5. The molecule has 0 aliphatic rings. The summed E-state index contributed by atoms with van der Waals surface area (Å²) in [6.07, 6.45) is 0. The number of rotatable bonds is 6. The molecule has 116 valence electrons. The first-order valence-electron chi connectivity index (χ1n) is 6.38. The Morgan fingerprint density at radius 3 is 2.55 bits per heavy atom. The highest BCUT2D eigenvalue weighted by Gasteiger charge is 2.07. The minimum absolute atomic E-state index is 0.0809. The van der Waals surface area contributed by atoms with E-state index >= 15 is 0 Å². The van der Waals surface area contributed by atoms with Crippen LogP contribution in [0.1, 0.15) is 12.6 Å². The summed E-state index contributed by atoms with van der Waals surface area (Å²) in [6, 6.07) is 4.65. The average molecular weight is 325 g/mol. The van der Waals surface area contributed by atoms with Crippen LogP contribution in [0.15, 0.2) is 18.2 Å². The highest BCUT2D eigenvalue weighted by molar-refractivity contribution is 6.28. The van der Waals surface area contributed by atoms with Crippen molar-refractivity contribution in [2.75, 3.05) is 13.2 Å². The molecule has 0 N–H and O–H groups in total. The molecule has 0 amide bonds. The summed E-state index contributed by atoms with van der Waals surface area (Å²) in [6.45, 7) is 3.54. The van der Waals surface area contributed by atoms with Gasteiger partial charge in [0.15, 0.2) is 6.61 Å². The summed E-state index contributed by atoms with van der Waals surface area (Å²) in [5.74, 6) is 0.165. The molecule has 8 nitrogen and oxygen atoms in total. The number of ether oxygens (including phenoxy) is 3. The Balaban J connectivity index is 1.95. The zero-order valence-corrected chi connectivity index (χ0v) is 12.7. The van der Waals surface area contributed by atoms with Crippen LogP contribution in [0.2, 0.25) is 5.28 Å². The summed E-state index contributed by atoms with van der Waals surface area (Å²) in [4.78, 5) is 19.0. The standard InChI is InChI=1S/C13H13ClN4O4/c1-3-20-12(19)7-21-9-4-5-10(18-17-9)22-11-6-8(2)15-13(14)16-11/h4-6H,3,7H2,1-2H3. The number of aryl methyl sites for hydroxylation is 1. The monoisotopic (exact) mass is 324 g/mol. The van der Waals surface area contributed by atoms with Crippen molar-refractivity contribution in [3.05, 3.63) is 29.2 Å². The lowest BCUT2D eigenvalue weighted by atomic mass is 10.4. The van der Waals surface area contributed by atoms with Gasteiger partial charge in [-0.05, 0) is 25.4 Å². The molecule has 0 aliphatic carbocycles. The Kier molecular flexibility index (Phi) is 5.42. The van der Waals surface area contributed by atoms with Crippen molar-refractivity contribution < 1.29 is 19.0 Å². The van der Waals surface area contributed by atoms with Gasteiger partial charge in [-0.1, -0.05) is 0 Å². The van der Waals surface area contributed by atoms with Crippen LogP contribution < -0.4 is 9.47 Å². The molecule has 0 aliphatic heterocycles. The van der Waals surface area contributed by atoms with Gasteiger partial charge in [0.1, 0.15) is 0 Å². The van der Waals surface area contributed by atoms with Gasteiger partial charge in [-0.3, -0.25) is 0 Å². The number of carbonyl (C=O) groups excluding carboxylic acids is 1. The third-order valence-corrected chi connectivity index (χ3v) is 2.44. The minimum Gasteiger partial charge on any atom is -0.465 e. The van der Waals surface area contributed by atoms with E-state index in [4.69, 9.17) is 25.8 Å². The van der Waals surface area contributed by atoms with E-state index in [1.807, 2.05) is 0 Å². The molecule has 2 rings (SSSR count). The molecule has 0 atom stereocenters. The SMILES string of the molecule is CCOC(=O)COc1ccc(Oc2cc(C)nc(Cl)n2)nn1. The van der Waals surface area contributed by atoms with Gasteiger partial charge in [-0.15, -0.1) is 10.2 Å². The van der Waals surface area contributed by atoms with Gasteiger partial charge in [0.2, 0.25) is 22.9 Å². The largest absolute Gasteiger partial charge is 0.465 e. The fourth-order valence-corrected chi connectivity index (χ4v) is 1.66. The fraction of sp³-hybridized carbons (Fsp3) is 0.308. The van der Waals surface area contributed by atoms with Crippen LogP contribution in [-0.2, 0) is 9.53 Å². The van der Waals surface area contributed by atoms with Crippen molar-refractivity contribution in [1.82, 2.24) is 20.2 Å². The molecule has 9 heteroatoms. The first kappa shape index (κ1) is 15.9. The smallest absolute Gasteiger partial charge is 0.344 e. The van der Waals surface area contributed by atoms with E-state index in [1.54, 1.807) is 19.9 Å². The fourth-order valence-electron chi connectivity index (χ4n) is 1.44. The third kappa shape index (κ3) is 4.81. The summed E-state index contributed by atoms with van der Waals surface area (Å²) in [7, 11) is 0. The number of carbonyl (C=O) groups is 1. The number of halogens is 1. The molecule has 0 fully saturated rings. The predicted molar refractivity (Wildman–Crippen MR) is 76.0 cm³/mol. The minimum atomic E-state index is -0.476. The van der Waals surface area contributed by atoms with E-state index in [0.29, 0.717) is 12.3 Å². The normalized spacial score (nSPS) is 10.1. The molecule has 2 aromatic heterocycles. The summed E-state index contributed by atoms with van der Waals surface area (Å²) >= 11 is 5.74. The zero-order chi connectivity index (χ0) is 15.9. The molecule has 0 saturated heterocycles. The predicted octanol–water partition coefficient (Wildman–Crippen LogP) is 1.96. The molecule has 0 radical (unpaired) electrons. The Bertz CT molecular complexity index is 631. The Morgan fingerprint density at radius 2 is 1.91 bits per heavy atom. The van der Waals surface area contributed by atoms with Crippen LogP contribution in [0.5, 0.6) is 17.6 Å². The quantitative estimate of drug-likeness (QED) is 0.587. The van der Waals surface area contributed by atoms with Gasteiger partial charge < -0.3 is 14.2 Å². The maximum Gasteiger partial charge on any atom is 0.344 e. The van der Waals surface area contributed by atoms with Crippen LogP contribution in [0.3, 0.4) is 0 Å². The summed E-state index contributed by atoms with van der Waals surface area (Å²) in [5, 5.41) is 7.66. The van der Waals surface area contributed by atoms with Crippen LogP contribution in [0, 0.1) is 6.92 Å². The molecular weight excluding hydrogens is 312 g/mol. The van der Waals surface area contributed by atoms with E-state index in [2.05, 4.69) is 20.2 Å². The van der Waals surface area contributed by atoms with Crippen molar-refractivity contribution in [2.24, 2.45) is 0 Å². The molecule has 0 aromatic carbocycles. The van der Waals surface area contributed by atoms with Gasteiger partial charge in [-0.2, -0.15) is 4.98 Å². The van der Waals surface area contributed by atoms with Crippen LogP contribution >= 0.6 is 11.6 Å². The second-order valence-corrected chi connectivity index (χ2v) is 4.36. The van der Waals surface area contributed by atoms with Gasteiger partial charge in [-0.25, -0.2) is 9.78 Å². The Morgan fingerprint density at radius 1 is 1.18 bits per heavy atom. The zero-order valence-electron chi connectivity index (χ0n) is 11.9. The number of nitrogens with zero attached hydrogens (tertiary/aromatic N) is 4. The first-order chi connectivity index (χ1) is 10.6. The molecule has 22 heavy (non-hydrogen) atoms. The molecule has 0 spiro atoms. The van der Waals surface area contributed by atoms with E-state index in [-0.39, 0.29) is 29.5 Å². The highest BCUT2D eigenvalue weighted by Crippen LogP contribution is 2.19. The second-order valence-electron chi connectivity index (χ2n) is 4.02. The average Bonchev–Trinajstić information content (AvgIpc) is 2.46.